The van der Waals surface area contributed by atoms with E-state index in [-0.39, 0.29) is 24.2 Å². The number of piperidine rings is 2. The van der Waals surface area contributed by atoms with E-state index >= 15 is 0 Å². The van der Waals surface area contributed by atoms with Crippen molar-refractivity contribution in [1.82, 2.24) is 20.0 Å². The number of likely N-dealkylation sites (tertiary alicyclic amines) is 1. The highest BCUT2D eigenvalue weighted by Gasteiger charge is 2.45. The van der Waals surface area contributed by atoms with Gasteiger partial charge < -0.3 is 19.6 Å². The summed E-state index contributed by atoms with van der Waals surface area (Å²) in [6.45, 7) is 8.63. The number of rotatable bonds is 6. The zero-order chi connectivity index (χ0) is 38.7. The minimum Gasteiger partial charge on any atom is -0.371 e. The van der Waals surface area contributed by atoms with E-state index in [0.29, 0.717) is 27.8 Å². The molecule has 2 unspecified atom stereocenters. The summed E-state index contributed by atoms with van der Waals surface area (Å²) in [5.74, 6) is -1.86. The molecule has 9 rings (SSSR count). The van der Waals surface area contributed by atoms with E-state index in [9.17, 15) is 29.2 Å². The Balaban J connectivity index is 0.755. The third-order valence-electron chi connectivity index (χ3n) is 12.9. The van der Waals surface area contributed by atoms with Crippen LogP contribution in [-0.2, 0) is 9.59 Å². The van der Waals surface area contributed by atoms with Crippen molar-refractivity contribution in [2.75, 3.05) is 80.1 Å². The number of halogens is 1. The fourth-order valence-corrected chi connectivity index (χ4v) is 10.8. The summed E-state index contributed by atoms with van der Waals surface area (Å²) in [6, 6.07) is 16.6. The van der Waals surface area contributed by atoms with Crippen LogP contribution in [0.1, 0.15) is 74.5 Å². The smallest absolute Gasteiger partial charge is 0.263 e. The molecule has 0 bridgehead atoms. The van der Waals surface area contributed by atoms with Crippen molar-refractivity contribution < 1.29 is 24.0 Å². The fourth-order valence-electron chi connectivity index (χ4n) is 9.55. The second-order valence-corrected chi connectivity index (χ2v) is 17.4. The maximum absolute atomic E-state index is 13.7. The number of hydrogen-bond acceptors (Lipinski definition) is 11. The van der Waals surface area contributed by atoms with Crippen LogP contribution in [0.2, 0.25) is 5.02 Å². The Hall–Kier alpha value is -4.97. The molecule has 1 N–H and O–H groups in total. The topological polar surface area (TPSA) is 141 Å². The Bertz CT molecular complexity index is 2170. The van der Waals surface area contributed by atoms with Gasteiger partial charge in [-0.25, -0.2) is 0 Å². The summed E-state index contributed by atoms with van der Waals surface area (Å²) in [4.78, 5) is 77.7. The van der Waals surface area contributed by atoms with E-state index in [4.69, 9.17) is 11.6 Å². The van der Waals surface area contributed by atoms with Gasteiger partial charge in [0.05, 0.1) is 31.6 Å². The molecule has 5 amide bonds. The summed E-state index contributed by atoms with van der Waals surface area (Å²) in [7, 11) is 0. The van der Waals surface area contributed by atoms with Crippen LogP contribution in [0.3, 0.4) is 0 Å². The molecule has 0 radical (unpaired) electrons. The van der Waals surface area contributed by atoms with E-state index in [2.05, 4.69) is 37.1 Å². The molecule has 0 aliphatic carbocycles. The Morgan fingerprint density at radius 2 is 1.54 bits per heavy atom. The van der Waals surface area contributed by atoms with Crippen molar-refractivity contribution >= 4 is 68.8 Å². The first-order chi connectivity index (χ1) is 27.1. The van der Waals surface area contributed by atoms with Crippen LogP contribution in [0, 0.1) is 16.7 Å². The van der Waals surface area contributed by atoms with E-state index in [0.717, 1.165) is 117 Å². The Kier molecular flexibility index (Phi) is 9.50. The molecule has 15 heteroatoms. The number of fused-ring (bicyclic) bond motifs is 1. The lowest BCUT2D eigenvalue weighted by Gasteiger charge is -2.39. The van der Waals surface area contributed by atoms with Gasteiger partial charge in [-0.3, -0.25) is 39.1 Å². The highest BCUT2D eigenvalue weighted by Crippen LogP contribution is 2.43. The third kappa shape index (κ3) is 6.59. The summed E-state index contributed by atoms with van der Waals surface area (Å²) in [5.41, 5.74) is 3.22. The molecule has 2 atom stereocenters. The van der Waals surface area contributed by atoms with Gasteiger partial charge in [0, 0.05) is 89.3 Å². The first-order valence-corrected chi connectivity index (χ1v) is 20.7. The molecule has 56 heavy (non-hydrogen) atoms. The number of hydrogen-bond donors (Lipinski definition) is 1. The molecule has 1 spiro atoms. The Labute approximate surface area is 334 Å². The SMILES string of the molecule is N#Cc1ccc(N2CCC3(CCN(C(=O)c4ccc(N5CCN(C6CCN(c7ccc8c(c7)C(=O)N(C7CCC(=O)NC7=O)C8=O)C6)CC5)s4)CC3)C2)cc1Cl. The monoisotopic (exact) mass is 794 g/mol. The number of piperazine rings is 1. The average molecular weight is 795 g/mol. The molecular formula is C41H43ClN8O5S. The van der Waals surface area contributed by atoms with E-state index in [1.807, 2.05) is 29.2 Å². The van der Waals surface area contributed by atoms with Gasteiger partial charge in [0.25, 0.3) is 17.7 Å². The van der Waals surface area contributed by atoms with Crippen molar-refractivity contribution in [3.63, 3.8) is 0 Å². The molecule has 6 aliphatic heterocycles. The second kappa shape index (κ2) is 14.5. The van der Waals surface area contributed by atoms with Gasteiger partial charge in [0.1, 0.15) is 12.1 Å². The number of thiophene rings is 1. The molecule has 1 aromatic heterocycles. The lowest BCUT2D eigenvalue weighted by molar-refractivity contribution is -0.136. The number of imide groups is 2. The average Bonchev–Trinajstić information content (AvgIpc) is 4.03. The van der Waals surface area contributed by atoms with E-state index < -0.39 is 29.7 Å². The highest BCUT2D eigenvalue weighted by atomic mass is 35.5. The lowest BCUT2D eigenvalue weighted by Crippen LogP contribution is -2.54. The van der Waals surface area contributed by atoms with E-state index in [1.165, 1.54) is 0 Å². The van der Waals surface area contributed by atoms with Crippen LogP contribution in [-0.4, -0.2) is 122 Å². The second-order valence-electron chi connectivity index (χ2n) is 16.0. The maximum Gasteiger partial charge on any atom is 0.263 e. The number of carbonyl (C=O) groups excluding carboxylic acids is 5. The van der Waals surface area contributed by atoms with Crippen molar-refractivity contribution in [1.29, 1.82) is 5.26 Å². The van der Waals surface area contributed by atoms with Crippen LogP contribution in [0.4, 0.5) is 16.4 Å². The highest BCUT2D eigenvalue weighted by molar-refractivity contribution is 7.18. The standard InChI is InChI=1S/C41H43ClN8O5S/c42-32-22-28(2-1-26(32)23-43)49-16-12-41(25-49)10-14-47(15-11-41)40(55)34-6-8-36(56-34)46-19-17-45(18-20-46)29-9-13-48(24-29)27-3-4-30-31(21-27)39(54)50(38(30)53)33-5-7-35(51)44-37(33)52/h1-4,6,8,21-22,29,33H,5,7,9-20,24-25H2,(H,44,51,52). The number of nitrogens with zero attached hydrogens (tertiary/aromatic N) is 7. The minimum atomic E-state index is -0.976. The molecule has 0 saturated carbocycles. The Morgan fingerprint density at radius 3 is 2.29 bits per heavy atom. The predicted octanol–water partition coefficient (Wildman–Crippen LogP) is 4.21. The van der Waals surface area contributed by atoms with Gasteiger partial charge in [0.15, 0.2) is 0 Å². The van der Waals surface area contributed by atoms with Crippen molar-refractivity contribution in [3.05, 3.63) is 75.1 Å². The van der Waals surface area contributed by atoms with Gasteiger partial charge in [-0.2, -0.15) is 5.26 Å². The van der Waals surface area contributed by atoms with E-state index in [1.54, 1.807) is 29.5 Å². The summed E-state index contributed by atoms with van der Waals surface area (Å²) in [5, 5.41) is 13.1. The third-order valence-corrected chi connectivity index (χ3v) is 14.3. The lowest BCUT2D eigenvalue weighted by atomic mass is 9.77. The van der Waals surface area contributed by atoms with Gasteiger partial charge in [-0.15, -0.1) is 11.3 Å². The fraction of sp³-hybridized carbons (Fsp3) is 0.463. The molecule has 6 aliphatic rings. The normalized spacial score (nSPS) is 24.0. The van der Waals surface area contributed by atoms with Crippen molar-refractivity contribution in [3.8, 4) is 6.07 Å². The van der Waals surface area contributed by atoms with Gasteiger partial charge >= 0.3 is 0 Å². The van der Waals surface area contributed by atoms with Gasteiger partial charge in [-0.05, 0) is 86.1 Å². The quantitative estimate of drug-likeness (QED) is 0.361. The van der Waals surface area contributed by atoms with Gasteiger partial charge in [0.2, 0.25) is 11.8 Å². The summed E-state index contributed by atoms with van der Waals surface area (Å²) in [6.07, 6.45) is 4.26. The molecule has 7 heterocycles. The van der Waals surface area contributed by atoms with Crippen molar-refractivity contribution in [2.24, 2.45) is 5.41 Å². The van der Waals surface area contributed by atoms with Crippen LogP contribution >= 0.6 is 22.9 Å². The molecule has 13 nitrogen and oxygen atoms in total. The molecule has 2 aromatic carbocycles. The molecule has 290 valence electrons. The molecular weight excluding hydrogens is 752 g/mol. The predicted molar refractivity (Wildman–Crippen MR) is 212 cm³/mol. The zero-order valence-electron chi connectivity index (χ0n) is 31.0. The van der Waals surface area contributed by atoms with Crippen LogP contribution in [0.25, 0.3) is 0 Å². The number of nitriles is 1. The minimum absolute atomic E-state index is 0.0906. The largest absolute Gasteiger partial charge is 0.371 e. The first kappa shape index (κ1) is 36.7. The number of nitrogens with one attached hydrogen (secondary N) is 1. The van der Waals surface area contributed by atoms with Gasteiger partial charge in [-0.1, -0.05) is 11.6 Å². The van der Waals surface area contributed by atoms with Crippen LogP contribution in [0.15, 0.2) is 48.5 Å². The number of anilines is 3. The molecule has 3 aromatic rings. The number of carbonyl (C=O) groups is 5. The van der Waals surface area contributed by atoms with Crippen LogP contribution in [0.5, 0.6) is 0 Å². The first-order valence-electron chi connectivity index (χ1n) is 19.5. The molecule has 5 fully saturated rings. The Morgan fingerprint density at radius 1 is 0.804 bits per heavy atom. The maximum atomic E-state index is 13.7. The summed E-state index contributed by atoms with van der Waals surface area (Å²) < 4.78 is 0. The number of amides is 5. The summed E-state index contributed by atoms with van der Waals surface area (Å²) >= 11 is 7.91. The van der Waals surface area contributed by atoms with Crippen molar-refractivity contribution in [2.45, 2.75) is 50.6 Å². The van der Waals surface area contributed by atoms with Crippen LogP contribution < -0.4 is 20.0 Å². The number of benzene rings is 2. The zero-order valence-corrected chi connectivity index (χ0v) is 32.6. The molecule has 5 saturated heterocycles.